The standard InChI is InChI=1S/C17H18BrN3/c1-12(13-7-3-4-8-14(13)18)19-11-17-20-15-9-5-6-10-16(15)21(17)2/h3-10,12,19H,11H2,1-2H3/t12-/m1/s1. The normalized spacial score (nSPS) is 12.7. The molecule has 3 nitrogen and oxygen atoms in total. The molecule has 1 aromatic heterocycles. The lowest BCUT2D eigenvalue weighted by atomic mass is 10.1. The zero-order valence-corrected chi connectivity index (χ0v) is 13.8. The molecule has 1 atom stereocenters. The van der Waals surface area contributed by atoms with Gasteiger partial charge in [-0.3, -0.25) is 0 Å². The molecule has 0 amide bonds. The molecule has 0 unspecified atom stereocenters. The van der Waals surface area contributed by atoms with Crippen molar-refractivity contribution < 1.29 is 0 Å². The van der Waals surface area contributed by atoms with Gasteiger partial charge in [0, 0.05) is 17.6 Å². The Morgan fingerprint density at radius 3 is 2.62 bits per heavy atom. The zero-order valence-electron chi connectivity index (χ0n) is 12.2. The van der Waals surface area contributed by atoms with Gasteiger partial charge in [0.15, 0.2) is 0 Å². The monoisotopic (exact) mass is 343 g/mol. The van der Waals surface area contributed by atoms with Crippen LogP contribution in [-0.4, -0.2) is 9.55 Å². The van der Waals surface area contributed by atoms with E-state index in [1.54, 1.807) is 0 Å². The van der Waals surface area contributed by atoms with Gasteiger partial charge in [-0.1, -0.05) is 46.3 Å². The second-order valence-electron chi connectivity index (χ2n) is 5.20. The summed E-state index contributed by atoms with van der Waals surface area (Å²) in [6.45, 7) is 2.91. The van der Waals surface area contributed by atoms with Crippen LogP contribution in [0.2, 0.25) is 0 Å². The second-order valence-corrected chi connectivity index (χ2v) is 6.05. The van der Waals surface area contributed by atoms with Gasteiger partial charge in [0.25, 0.3) is 0 Å². The molecule has 0 aliphatic rings. The van der Waals surface area contributed by atoms with Crippen molar-refractivity contribution in [3.8, 4) is 0 Å². The molecule has 1 N–H and O–H groups in total. The summed E-state index contributed by atoms with van der Waals surface area (Å²) in [7, 11) is 2.06. The van der Waals surface area contributed by atoms with Crippen molar-refractivity contribution in [1.29, 1.82) is 0 Å². The first-order valence-corrected chi connectivity index (χ1v) is 7.84. The molecule has 4 heteroatoms. The Morgan fingerprint density at radius 2 is 1.86 bits per heavy atom. The summed E-state index contributed by atoms with van der Waals surface area (Å²) in [4.78, 5) is 4.69. The fourth-order valence-electron chi connectivity index (χ4n) is 2.53. The molecule has 0 bridgehead atoms. The van der Waals surface area contributed by atoms with Gasteiger partial charge in [0.2, 0.25) is 0 Å². The van der Waals surface area contributed by atoms with Crippen molar-refractivity contribution in [2.24, 2.45) is 7.05 Å². The highest BCUT2D eigenvalue weighted by atomic mass is 79.9. The highest BCUT2D eigenvalue weighted by Gasteiger charge is 2.11. The molecule has 3 rings (SSSR count). The highest BCUT2D eigenvalue weighted by molar-refractivity contribution is 9.10. The first-order chi connectivity index (χ1) is 10.2. The molecule has 0 saturated heterocycles. The fourth-order valence-corrected chi connectivity index (χ4v) is 3.16. The van der Waals surface area contributed by atoms with Gasteiger partial charge in [-0.15, -0.1) is 0 Å². The smallest absolute Gasteiger partial charge is 0.123 e. The van der Waals surface area contributed by atoms with Gasteiger partial charge in [0.1, 0.15) is 5.82 Å². The lowest BCUT2D eigenvalue weighted by Gasteiger charge is -2.15. The van der Waals surface area contributed by atoms with E-state index in [1.165, 1.54) is 11.1 Å². The van der Waals surface area contributed by atoms with Gasteiger partial charge in [0.05, 0.1) is 17.6 Å². The van der Waals surface area contributed by atoms with E-state index in [4.69, 9.17) is 0 Å². The van der Waals surface area contributed by atoms with Crippen LogP contribution >= 0.6 is 15.9 Å². The molecule has 0 radical (unpaired) electrons. The number of nitrogens with zero attached hydrogens (tertiary/aromatic N) is 2. The number of aromatic nitrogens is 2. The van der Waals surface area contributed by atoms with E-state index in [1.807, 2.05) is 18.2 Å². The maximum absolute atomic E-state index is 4.69. The molecule has 0 fully saturated rings. The topological polar surface area (TPSA) is 29.9 Å². The summed E-state index contributed by atoms with van der Waals surface area (Å²) in [6, 6.07) is 16.8. The largest absolute Gasteiger partial charge is 0.330 e. The van der Waals surface area contributed by atoms with Crippen molar-refractivity contribution in [1.82, 2.24) is 14.9 Å². The Bertz CT molecular complexity index is 764. The maximum Gasteiger partial charge on any atom is 0.123 e. The molecule has 0 saturated carbocycles. The molecule has 1 heterocycles. The van der Waals surface area contributed by atoms with E-state index >= 15 is 0 Å². The third kappa shape index (κ3) is 2.87. The van der Waals surface area contributed by atoms with Crippen molar-refractivity contribution in [3.63, 3.8) is 0 Å². The summed E-state index contributed by atoms with van der Waals surface area (Å²) in [5, 5.41) is 3.54. The maximum atomic E-state index is 4.69. The average molecular weight is 344 g/mol. The van der Waals surface area contributed by atoms with Crippen LogP contribution in [0.25, 0.3) is 11.0 Å². The Balaban J connectivity index is 1.77. The van der Waals surface area contributed by atoms with Crippen molar-refractivity contribution in [3.05, 3.63) is 64.4 Å². The number of halogens is 1. The SMILES string of the molecule is C[C@@H](NCc1nc2ccccc2n1C)c1ccccc1Br. The number of fused-ring (bicyclic) bond motifs is 1. The van der Waals surface area contributed by atoms with E-state index in [-0.39, 0.29) is 6.04 Å². The first kappa shape index (κ1) is 14.3. The molecule has 0 spiro atoms. The number of aryl methyl sites for hydroxylation is 1. The Hall–Kier alpha value is -1.65. The lowest BCUT2D eigenvalue weighted by Crippen LogP contribution is -2.20. The van der Waals surface area contributed by atoms with Crippen LogP contribution in [0.4, 0.5) is 0 Å². The minimum absolute atomic E-state index is 0.264. The summed E-state index contributed by atoms with van der Waals surface area (Å²) in [6.07, 6.45) is 0. The molecule has 0 aliphatic carbocycles. The molecule has 3 aromatic rings. The summed E-state index contributed by atoms with van der Waals surface area (Å²) >= 11 is 3.60. The molecule has 108 valence electrons. The van der Waals surface area contributed by atoms with Crippen LogP contribution in [-0.2, 0) is 13.6 Å². The molecular weight excluding hydrogens is 326 g/mol. The van der Waals surface area contributed by atoms with Gasteiger partial charge in [-0.05, 0) is 30.7 Å². The number of nitrogens with one attached hydrogen (secondary N) is 1. The number of para-hydroxylation sites is 2. The van der Waals surface area contributed by atoms with Crippen molar-refractivity contribution in [2.45, 2.75) is 19.5 Å². The number of hydrogen-bond donors (Lipinski definition) is 1. The highest BCUT2D eigenvalue weighted by Crippen LogP contribution is 2.23. The van der Waals surface area contributed by atoms with Gasteiger partial charge in [-0.25, -0.2) is 4.98 Å². The first-order valence-electron chi connectivity index (χ1n) is 7.05. The second kappa shape index (κ2) is 6.00. The minimum Gasteiger partial charge on any atom is -0.330 e. The van der Waals surface area contributed by atoms with Crippen LogP contribution in [0.15, 0.2) is 53.0 Å². The number of hydrogen-bond acceptors (Lipinski definition) is 2. The van der Waals surface area contributed by atoms with E-state index in [9.17, 15) is 0 Å². The van der Waals surface area contributed by atoms with Crippen molar-refractivity contribution in [2.75, 3.05) is 0 Å². The van der Waals surface area contributed by atoms with Crippen LogP contribution in [0.1, 0.15) is 24.4 Å². The van der Waals surface area contributed by atoms with Gasteiger partial charge < -0.3 is 9.88 Å². The van der Waals surface area contributed by atoms with Crippen LogP contribution < -0.4 is 5.32 Å². The fraction of sp³-hybridized carbons (Fsp3) is 0.235. The zero-order chi connectivity index (χ0) is 14.8. The number of imidazole rings is 1. The third-order valence-electron chi connectivity index (χ3n) is 3.82. The molecule has 0 aliphatic heterocycles. The predicted octanol–water partition coefficient (Wildman–Crippen LogP) is 4.19. The van der Waals surface area contributed by atoms with Crippen LogP contribution in [0.3, 0.4) is 0 Å². The Labute approximate surface area is 133 Å². The summed E-state index contributed by atoms with van der Waals surface area (Å²) in [5.74, 6) is 1.05. The molecule has 2 aromatic carbocycles. The average Bonchev–Trinajstić information content (AvgIpc) is 2.82. The third-order valence-corrected chi connectivity index (χ3v) is 4.54. The van der Waals surface area contributed by atoms with Gasteiger partial charge >= 0.3 is 0 Å². The van der Waals surface area contributed by atoms with Crippen LogP contribution in [0.5, 0.6) is 0 Å². The quantitative estimate of drug-likeness (QED) is 0.769. The van der Waals surface area contributed by atoms with Crippen molar-refractivity contribution >= 4 is 27.0 Å². The van der Waals surface area contributed by atoms with E-state index < -0.39 is 0 Å². The van der Waals surface area contributed by atoms with E-state index in [0.29, 0.717) is 0 Å². The number of rotatable bonds is 4. The van der Waals surface area contributed by atoms with E-state index in [2.05, 4.69) is 75.1 Å². The lowest BCUT2D eigenvalue weighted by molar-refractivity contribution is 0.549. The molecular formula is C17H18BrN3. The van der Waals surface area contributed by atoms with Crippen LogP contribution in [0, 0.1) is 0 Å². The Morgan fingerprint density at radius 1 is 1.14 bits per heavy atom. The minimum atomic E-state index is 0.264. The summed E-state index contributed by atoms with van der Waals surface area (Å²) < 4.78 is 3.28. The molecule has 21 heavy (non-hydrogen) atoms. The van der Waals surface area contributed by atoms with Gasteiger partial charge in [-0.2, -0.15) is 0 Å². The Kier molecular flexibility index (Phi) is 4.08. The number of benzene rings is 2. The summed E-state index contributed by atoms with van der Waals surface area (Å²) in [5.41, 5.74) is 3.48. The predicted molar refractivity (Wildman–Crippen MR) is 90.1 cm³/mol. The van der Waals surface area contributed by atoms with E-state index in [0.717, 1.165) is 22.4 Å².